The fraction of sp³-hybridized carbons (Fsp3) is 0.120. The van der Waals surface area contributed by atoms with Crippen LogP contribution in [0.4, 0.5) is 0 Å². The Kier molecular flexibility index (Phi) is 6.31. The average molecular weight is 432 g/mol. The van der Waals surface area contributed by atoms with Crippen molar-refractivity contribution in [3.63, 3.8) is 0 Å². The molecule has 0 saturated carbocycles. The number of hydrogen-bond acceptors (Lipinski definition) is 4. The van der Waals surface area contributed by atoms with Gasteiger partial charge < -0.3 is 4.74 Å². The molecule has 1 saturated heterocycles. The Balaban J connectivity index is 1.43. The molecule has 1 heterocycles. The largest absolute Gasteiger partial charge is 0.486 e. The van der Waals surface area contributed by atoms with E-state index in [2.05, 4.69) is 12.1 Å². The minimum Gasteiger partial charge on any atom is -0.486 e. The van der Waals surface area contributed by atoms with E-state index in [4.69, 9.17) is 17.0 Å². The van der Waals surface area contributed by atoms with Crippen molar-refractivity contribution in [3.8, 4) is 5.75 Å². The zero-order valence-corrected chi connectivity index (χ0v) is 18.2. The molecule has 0 N–H and O–H groups in total. The van der Waals surface area contributed by atoms with Crippen LogP contribution in [-0.4, -0.2) is 15.1 Å². The summed E-state index contributed by atoms with van der Waals surface area (Å²) in [6, 6.07) is 27.8. The van der Waals surface area contributed by atoms with Crippen molar-refractivity contribution in [2.24, 2.45) is 0 Å². The lowest BCUT2D eigenvalue weighted by Gasteiger charge is -2.15. The van der Waals surface area contributed by atoms with Gasteiger partial charge in [-0.15, -0.1) is 0 Å². The van der Waals surface area contributed by atoms with E-state index >= 15 is 0 Å². The van der Waals surface area contributed by atoms with Crippen LogP contribution in [0.25, 0.3) is 6.08 Å². The van der Waals surface area contributed by atoms with Crippen LogP contribution in [-0.2, 0) is 11.3 Å². The Morgan fingerprint density at radius 3 is 2.27 bits per heavy atom. The van der Waals surface area contributed by atoms with Crippen molar-refractivity contribution in [2.45, 2.75) is 19.6 Å². The van der Waals surface area contributed by atoms with E-state index in [0.29, 0.717) is 15.8 Å². The van der Waals surface area contributed by atoms with Crippen molar-refractivity contribution in [2.75, 3.05) is 0 Å². The summed E-state index contributed by atoms with van der Waals surface area (Å²) in [5.41, 5.74) is 3.13. The summed E-state index contributed by atoms with van der Waals surface area (Å²) in [5.74, 6) is 0.743. The van der Waals surface area contributed by atoms with Crippen molar-refractivity contribution >= 4 is 40.3 Å². The van der Waals surface area contributed by atoms with E-state index in [1.807, 2.05) is 85.8 Å². The molecule has 1 aliphatic rings. The van der Waals surface area contributed by atoms with Crippen molar-refractivity contribution < 1.29 is 9.53 Å². The summed E-state index contributed by atoms with van der Waals surface area (Å²) in [4.78, 5) is 15.1. The van der Waals surface area contributed by atoms with E-state index < -0.39 is 0 Å². The maximum Gasteiger partial charge on any atom is 0.266 e. The minimum atomic E-state index is -0.0492. The monoisotopic (exact) mass is 431 g/mol. The first kappa shape index (κ1) is 20.4. The average Bonchev–Trinajstić information content (AvgIpc) is 3.04. The molecule has 150 valence electrons. The SMILES string of the molecule is CC(Oc1ccc(/C=C2\SC(=S)N(Cc3ccccc3)C2=O)cc1)c1ccccc1. The third-order valence-corrected chi connectivity index (χ3v) is 6.19. The first-order valence-corrected chi connectivity index (χ1v) is 10.9. The number of rotatable bonds is 6. The van der Waals surface area contributed by atoms with Gasteiger partial charge in [-0.2, -0.15) is 0 Å². The number of carbonyl (C=O) groups is 1. The van der Waals surface area contributed by atoms with Gasteiger partial charge in [-0.05, 0) is 41.8 Å². The minimum absolute atomic E-state index is 0.0358. The third kappa shape index (κ3) is 4.81. The Labute approximate surface area is 186 Å². The van der Waals surface area contributed by atoms with Crippen LogP contribution < -0.4 is 4.74 Å². The van der Waals surface area contributed by atoms with Crippen LogP contribution >= 0.6 is 24.0 Å². The van der Waals surface area contributed by atoms with E-state index in [9.17, 15) is 4.79 Å². The molecule has 4 rings (SSSR count). The molecule has 1 amide bonds. The summed E-state index contributed by atoms with van der Waals surface area (Å²) in [5, 5.41) is 0. The molecular formula is C25H21NO2S2. The van der Waals surface area contributed by atoms with Gasteiger partial charge in [0.05, 0.1) is 11.4 Å². The first-order valence-electron chi connectivity index (χ1n) is 9.71. The predicted octanol–water partition coefficient (Wildman–Crippen LogP) is 6.23. The van der Waals surface area contributed by atoms with Crippen molar-refractivity contribution in [1.82, 2.24) is 4.90 Å². The van der Waals surface area contributed by atoms with E-state index in [1.54, 1.807) is 4.90 Å². The van der Waals surface area contributed by atoms with Crippen LogP contribution in [0.2, 0.25) is 0 Å². The summed E-state index contributed by atoms with van der Waals surface area (Å²) < 4.78 is 6.61. The lowest BCUT2D eigenvalue weighted by molar-refractivity contribution is -0.122. The number of nitrogens with zero attached hydrogens (tertiary/aromatic N) is 1. The fourth-order valence-corrected chi connectivity index (χ4v) is 4.45. The van der Waals surface area contributed by atoms with Gasteiger partial charge in [-0.3, -0.25) is 9.69 Å². The van der Waals surface area contributed by atoms with E-state index in [1.165, 1.54) is 11.8 Å². The van der Waals surface area contributed by atoms with Crippen LogP contribution in [0.5, 0.6) is 5.75 Å². The first-order chi connectivity index (χ1) is 14.6. The lowest BCUT2D eigenvalue weighted by Crippen LogP contribution is -2.27. The molecule has 1 atom stereocenters. The smallest absolute Gasteiger partial charge is 0.266 e. The molecule has 30 heavy (non-hydrogen) atoms. The van der Waals surface area contributed by atoms with Gasteiger partial charge in [0, 0.05) is 0 Å². The second-order valence-electron chi connectivity index (χ2n) is 6.99. The van der Waals surface area contributed by atoms with Gasteiger partial charge in [-0.1, -0.05) is 96.8 Å². The van der Waals surface area contributed by atoms with Crippen molar-refractivity contribution in [1.29, 1.82) is 0 Å². The highest BCUT2D eigenvalue weighted by Gasteiger charge is 2.31. The van der Waals surface area contributed by atoms with E-state index in [0.717, 1.165) is 22.4 Å². The zero-order chi connectivity index (χ0) is 20.9. The van der Waals surface area contributed by atoms with Gasteiger partial charge >= 0.3 is 0 Å². The molecule has 0 radical (unpaired) electrons. The van der Waals surface area contributed by atoms with E-state index in [-0.39, 0.29) is 12.0 Å². The van der Waals surface area contributed by atoms with Crippen LogP contribution in [0.15, 0.2) is 89.8 Å². The predicted molar refractivity (Wildman–Crippen MR) is 127 cm³/mol. The summed E-state index contributed by atoms with van der Waals surface area (Å²) in [6.45, 7) is 2.52. The second kappa shape index (κ2) is 9.28. The lowest BCUT2D eigenvalue weighted by atomic mass is 10.1. The molecule has 0 aliphatic carbocycles. The highest BCUT2D eigenvalue weighted by molar-refractivity contribution is 8.26. The highest BCUT2D eigenvalue weighted by Crippen LogP contribution is 2.34. The number of benzene rings is 3. The number of amides is 1. The summed E-state index contributed by atoms with van der Waals surface area (Å²) in [7, 11) is 0. The number of thiocarbonyl (C=S) groups is 1. The van der Waals surface area contributed by atoms with Gasteiger partial charge in [0.25, 0.3) is 5.91 Å². The quantitative estimate of drug-likeness (QED) is 0.342. The van der Waals surface area contributed by atoms with Crippen LogP contribution in [0.3, 0.4) is 0 Å². The molecule has 1 unspecified atom stereocenters. The highest BCUT2D eigenvalue weighted by atomic mass is 32.2. The number of carbonyl (C=O) groups excluding carboxylic acids is 1. The van der Waals surface area contributed by atoms with Crippen LogP contribution in [0.1, 0.15) is 29.7 Å². The molecule has 0 aromatic heterocycles. The molecule has 1 aliphatic heterocycles. The Morgan fingerprint density at radius 2 is 1.60 bits per heavy atom. The van der Waals surface area contributed by atoms with Crippen LogP contribution in [0, 0.1) is 0 Å². The maximum atomic E-state index is 12.8. The third-order valence-electron chi connectivity index (χ3n) is 4.82. The molecule has 3 aromatic carbocycles. The molecule has 0 spiro atoms. The topological polar surface area (TPSA) is 29.5 Å². The molecule has 3 aromatic rings. The molecule has 5 heteroatoms. The zero-order valence-electron chi connectivity index (χ0n) is 16.5. The molecule has 0 bridgehead atoms. The number of thioether (sulfide) groups is 1. The Bertz CT molecular complexity index is 1060. The fourth-order valence-electron chi connectivity index (χ4n) is 3.19. The number of hydrogen-bond donors (Lipinski definition) is 0. The standard InChI is InChI=1S/C25H21NO2S2/c1-18(21-10-6-3-7-11-21)28-22-14-12-19(13-15-22)16-23-24(27)26(25(29)30-23)17-20-8-4-2-5-9-20/h2-16,18H,17H2,1H3/b23-16-. The van der Waals surface area contributed by atoms with Gasteiger partial charge in [0.15, 0.2) is 0 Å². The van der Waals surface area contributed by atoms with Gasteiger partial charge in [0.2, 0.25) is 0 Å². The normalized spacial score (nSPS) is 16.2. The Morgan fingerprint density at radius 1 is 0.967 bits per heavy atom. The molecule has 3 nitrogen and oxygen atoms in total. The van der Waals surface area contributed by atoms with Gasteiger partial charge in [0.1, 0.15) is 16.2 Å². The van der Waals surface area contributed by atoms with Crippen molar-refractivity contribution in [3.05, 3.63) is 107 Å². The van der Waals surface area contributed by atoms with Gasteiger partial charge in [-0.25, -0.2) is 0 Å². The summed E-state index contributed by atoms with van der Waals surface area (Å²) in [6.07, 6.45) is 1.85. The number of ether oxygens (including phenoxy) is 1. The Hall–Kier alpha value is -2.89. The maximum absolute atomic E-state index is 12.8. The molecule has 1 fully saturated rings. The second-order valence-corrected chi connectivity index (χ2v) is 8.67. The summed E-state index contributed by atoms with van der Waals surface area (Å²) >= 11 is 6.78. The molecular weight excluding hydrogens is 410 g/mol.